The number of carbonyl (C=O) groups excluding carboxylic acids is 1. The summed E-state index contributed by atoms with van der Waals surface area (Å²) in [7, 11) is 1.62. The van der Waals surface area contributed by atoms with Crippen LogP contribution in [0.1, 0.15) is 10.5 Å². The number of nitrogens with one attached hydrogen (secondary N) is 2. The van der Waals surface area contributed by atoms with Crippen molar-refractivity contribution in [2.45, 2.75) is 0 Å². The first kappa shape index (κ1) is 13.3. The van der Waals surface area contributed by atoms with E-state index in [0.717, 1.165) is 11.3 Å². The number of methoxy groups -OCH3 is 1. The first-order valence-corrected chi connectivity index (χ1v) is 7.05. The molecule has 0 bridgehead atoms. The van der Waals surface area contributed by atoms with E-state index >= 15 is 0 Å². The maximum atomic E-state index is 12.0. The Kier molecular flexibility index (Phi) is 3.65. The van der Waals surface area contributed by atoms with Crippen LogP contribution in [0.3, 0.4) is 0 Å². The maximum Gasteiger partial charge on any atom is 0.275 e. The van der Waals surface area contributed by atoms with Crippen LogP contribution in [0.5, 0.6) is 5.75 Å². The lowest BCUT2D eigenvalue weighted by atomic mass is 10.1. The number of H-pyrrole nitrogens is 1. The van der Waals surface area contributed by atoms with Crippen molar-refractivity contribution in [2.75, 3.05) is 12.4 Å². The number of aromatic amines is 1. The molecule has 0 radical (unpaired) electrons. The summed E-state index contributed by atoms with van der Waals surface area (Å²) in [4.78, 5) is 16.0. The first-order chi connectivity index (χ1) is 10.3. The lowest BCUT2D eigenvalue weighted by Gasteiger charge is -2.00. The number of anilines is 1. The molecule has 3 aromatic rings. The average Bonchev–Trinajstić information content (AvgIpc) is 3.18. The monoisotopic (exact) mass is 300 g/mol. The largest absolute Gasteiger partial charge is 0.497 e. The van der Waals surface area contributed by atoms with Gasteiger partial charge in [-0.2, -0.15) is 5.10 Å². The lowest BCUT2D eigenvalue weighted by Crippen LogP contribution is -2.11. The molecule has 0 aliphatic heterocycles. The van der Waals surface area contributed by atoms with Crippen LogP contribution in [-0.4, -0.2) is 28.2 Å². The second-order valence-corrected chi connectivity index (χ2v) is 5.08. The normalized spacial score (nSPS) is 10.3. The number of carbonyl (C=O) groups is 1. The van der Waals surface area contributed by atoms with Crippen molar-refractivity contribution < 1.29 is 9.53 Å². The molecule has 1 aromatic carbocycles. The summed E-state index contributed by atoms with van der Waals surface area (Å²) < 4.78 is 5.11. The minimum Gasteiger partial charge on any atom is -0.497 e. The molecule has 3 rings (SSSR count). The van der Waals surface area contributed by atoms with Crippen molar-refractivity contribution in [3.05, 3.63) is 47.6 Å². The molecule has 1 amide bonds. The highest BCUT2D eigenvalue weighted by Gasteiger charge is 2.12. The van der Waals surface area contributed by atoms with E-state index in [-0.39, 0.29) is 5.91 Å². The number of rotatable bonds is 4. The van der Waals surface area contributed by atoms with Gasteiger partial charge in [0.1, 0.15) is 11.4 Å². The molecule has 0 spiro atoms. The minimum atomic E-state index is -0.266. The summed E-state index contributed by atoms with van der Waals surface area (Å²) in [5.74, 6) is 0.508. The molecule has 2 heterocycles. The summed E-state index contributed by atoms with van der Waals surface area (Å²) in [5.41, 5.74) is 1.98. The molecule has 0 fully saturated rings. The van der Waals surface area contributed by atoms with Crippen molar-refractivity contribution in [2.24, 2.45) is 0 Å². The Bertz CT molecular complexity index is 735. The molecule has 0 saturated heterocycles. The fourth-order valence-corrected chi connectivity index (χ4v) is 2.32. The number of amides is 1. The van der Waals surface area contributed by atoms with Gasteiger partial charge in [0.25, 0.3) is 5.91 Å². The smallest absolute Gasteiger partial charge is 0.275 e. The zero-order valence-corrected chi connectivity index (χ0v) is 12.0. The van der Waals surface area contributed by atoms with E-state index in [2.05, 4.69) is 20.5 Å². The number of ether oxygens (including phenoxy) is 1. The third kappa shape index (κ3) is 2.92. The highest BCUT2D eigenvalue weighted by atomic mass is 32.1. The van der Waals surface area contributed by atoms with Crippen molar-refractivity contribution in [1.29, 1.82) is 0 Å². The van der Waals surface area contributed by atoms with E-state index in [9.17, 15) is 4.79 Å². The summed E-state index contributed by atoms with van der Waals surface area (Å²) in [6.45, 7) is 0. The van der Waals surface area contributed by atoms with Crippen LogP contribution >= 0.6 is 11.3 Å². The van der Waals surface area contributed by atoms with E-state index in [0.29, 0.717) is 16.5 Å². The SMILES string of the molecule is COc1ccc(-c2cc(C(=O)Nc3nccs3)[nH]n2)cc1. The molecule has 0 saturated carbocycles. The molecule has 7 heteroatoms. The average molecular weight is 300 g/mol. The zero-order valence-electron chi connectivity index (χ0n) is 11.2. The lowest BCUT2D eigenvalue weighted by molar-refractivity contribution is 0.102. The van der Waals surface area contributed by atoms with Crippen LogP contribution in [0.4, 0.5) is 5.13 Å². The quantitative estimate of drug-likeness (QED) is 0.776. The number of thiazole rings is 1. The number of hydrogen-bond donors (Lipinski definition) is 2. The Morgan fingerprint density at radius 1 is 1.33 bits per heavy atom. The van der Waals surface area contributed by atoms with Gasteiger partial charge < -0.3 is 4.74 Å². The van der Waals surface area contributed by atoms with Crippen LogP contribution < -0.4 is 10.1 Å². The standard InChI is InChI=1S/C14H12N4O2S/c1-20-10-4-2-9(3-5-10)11-8-12(18-17-11)13(19)16-14-15-6-7-21-14/h2-8H,1H3,(H,17,18)(H,15,16,19). The highest BCUT2D eigenvalue weighted by Crippen LogP contribution is 2.21. The fraction of sp³-hybridized carbons (Fsp3) is 0.0714. The predicted octanol–water partition coefficient (Wildman–Crippen LogP) is 2.79. The van der Waals surface area contributed by atoms with Gasteiger partial charge in [-0.3, -0.25) is 15.2 Å². The summed E-state index contributed by atoms with van der Waals surface area (Å²) in [6, 6.07) is 9.17. The van der Waals surface area contributed by atoms with Gasteiger partial charge in [0.05, 0.1) is 12.8 Å². The van der Waals surface area contributed by atoms with Crippen molar-refractivity contribution in [3.63, 3.8) is 0 Å². The van der Waals surface area contributed by atoms with Crippen molar-refractivity contribution in [1.82, 2.24) is 15.2 Å². The van der Waals surface area contributed by atoms with Crippen LogP contribution in [0.25, 0.3) is 11.3 Å². The molecule has 6 nitrogen and oxygen atoms in total. The summed E-state index contributed by atoms with van der Waals surface area (Å²) in [5, 5.41) is 11.9. The van der Waals surface area contributed by atoms with Gasteiger partial charge >= 0.3 is 0 Å². The van der Waals surface area contributed by atoms with Gasteiger partial charge in [0, 0.05) is 17.1 Å². The maximum absolute atomic E-state index is 12.0. The van der Waals surface area contributed by atoms with E-state index in [1.165, 1.54) is 11.3 Å². The van der Waals surface area contributed by atoms with Gasteiger partial charge in [-0.1, -0.05) is 0 Å². The molecule has 2 aromatic heterocycles. The van der Waals surface area contributed by atoms with Crippen LogP contribution in [0.15, 0.2) is 41.9 Å². The van der Waals surface area contributed by atoms with Gasteiger partial charge in [-0.25, -0.2) is 4.98 Å². The molecule has 106 valence electrons. The van der Waals surface area contributed by atoms with Crippen LogP contribution in [0, 0.1) is 0 Å². The number of nitrogens with zero attached hydrogens (tertiary/aromatic N) is 2. The van der Waals surface area contributed by atoms with Gasteiger partial charge in [0.2, 0.25) is 0 Å². The molecule has 0 unspecified atom stereocenters. The molecule has 0 atom stereocenters. The fourth-order valence-electron chi connectivity index (χ4n) is 1.80. The third-order valence-corrected chi connectivity index (χ3v) is 3.55. The zero-order chi connectivity index (χ0) is 14.7. The summed E-state index contributed by atoms with van der Waals surface area (Å²) >= 11 is 1.36. The number of aromatic nitrogens is 3. The Labute approximate surface area is 124 Å². The Hall–Kier alpha value is -2.67. The van der Waals surface area contributed by atoms with Crippen LogP contribution in [-0.2, 0) is 0 Å². The van der Waals surface area contributed by atoms with E-state index in [1.807, 2.05) is 24.3 Å². The highest BCUT2D eigenvalue weighted by molar-refractivity contribution is 7.13. The second-order valence-electron chi connectivity index (χ2n) is 4.19. The molecular weight excluding hydrogens is 288 g/mol. The first-order valence-electron chi connectivity index (χ1n) is 6.17. The van der Waals surface area contributed by atoms with Crippen molar-refractivity contribution >= 4 is 22.4 Å². The Balaban J connectivity index is 1.77. The molecule has 0 aliphatic rings. The second kappa shape index (κ2) is 5.76. The van der Waals surface area contributed by atoms with Gasteiger partial charge in [0.15, 0.2) is 5.13 Å². The minimum absolute atomic E-state index is 0.266. The van der Waals surface area contributed by atoms with Gasteiger partial charge in [-0.05, 0) is 30.3 Å². The number of hydrogen-bond acceptors (Lipinski definition) is 5. The molecule has 2 N–H and O–H groups in total. The Morgan fingerprint density at radius 3 is 2.81 bits per heavy atom. The Morgan fingerprint density at radius 2 is 2.14 bits per heavy atom. The van der Waals surface area contributed by atoms with E-state index in [4.69, 9.17) is 4.74 Å². The van der Waals surface area contributed by atoms with E-state index < -0.39 is 0 Å². The van der Waals surface area contributed by atoms with E-state index in [1.54, 1.807) is 24.8 Å². The number of benzene rings is 1. The topological polar surface area (TPSA) is 79.9 Å². The summed E-state index contributed by atoms with van der Waals surface area (Å²) in [6.07, 6.45) is 1.63. The molecule has 21 heavy (non-hydrogen) atoms. The molecular formula is C14H12N4O2S. The van der Waals surface area contributed by atoms with Crippen molar-refractivity contribution in [3.8, 4) is 17.0 Å². The third-order valence-electron chi connectivity index (χ3n) is 2.86. The van der Waals surface area contributed by atoms with Gasteiger partial charge in [-0.15, -0.1) is 11.3 Å². The predicted molar refractivity (Wildman–Crippen MR) is 80.6 cm³/mol. The van der Waals surface area contributed by atoms with Crippen LogP contribution in [0.2, 0.25) is 0 Å². The molecule has 0 aliphatic carbocycles.